The van der Waals surface area contributed by atoms with Gasteiger partial charge in [-0.1, -0.05) is 5.16 Å². The highest BCUT2D eigenvalue weighted by molar-refractivity contribution is 5.94. The monoisotopic (exact) mass is 356 g/mol. The first-order valence-corrected chi connectivity index (χ1v) is 9.24. The van der Waals surface area contributed by atoms with Crippen LogP contribution in [-0.2, 0) is 10.2 Å². The molecule has 3 heterocycles. The van der Waals surface area contributed by atoms with Crippen LogP contribution in [-0.4, -0.2) is 52.7 Å². The number of ether oxygens (including phenoxy) is 1. The average Bonchev–Trinajstić information content (AvgIpc) is 3.43. The first-order chi connectivity index (χ1) is 12.7. The molecule has 26 heavy (non-hydrogen) atoms. The number of aromatic nitrogens is 3. The fourth-order valence-electron chi connectivity index (χ4n) is 3.64. The van der Waals surface area contributed by atoms with Gasteiger partial charge < -0.3 is 14.2 Å². The summed E-state index contributed by atoms with van der Waals surface area (Å²) in [7, 11) is 1.71. The Kier molecular flexibility index (Phi) is 4.72. The van der Waals surface area contributed by atoms with E-state index in [0.29, 0.717) is 31.2 Å². The molecule has 138 valence electrons. The van der Waals surface area contributed by atoms with Gasteiger partial charge in [-0.3, -0.25) is 9.78 Å². The molecule has 7 heteroatoms. The van der Waals surface area contributed by atoms with Crippen molar-refractivity contribution in [2.75, 3.05) is 26.8 Å². The van der Waals surface area contributed by atoms with Crippen molar-refractivity contribution in [3.63, 3.8) is 0 Å². The summed E-state index contributed by atoms with van der Waals surface area (Å²) in [6, 6.07) is 3.52. The minimum absolute atomic E-state index is 0.0551. The number of nitrogens with zero attached hydrogens (tertiary/aromatic N) is 4. The number of methoxy groups -OCH3 is 1. The lowest BCUT2D eigenvalue weighted by molar-refractivity contribution is 0.0616. The third kappa shape index (κ3) is 3.35. The van der Waals surface area contributed by atoms with Crippen molar-refractivity contribution in [1.29, 1.82) is 0 Å². The first-order valence-electron chi connectivity index (χ1n) is 9.24. The van der Waals surface area contributed by atoms with Gasteiger partial charge >= 0.3 is 0 Å². The Morgan fingerprint density at radius 2 is 2.04 bits per heavy atom. The van der Waals surface area contributed by atoms with Gasteiger partial charge in [0.05, 0.1) is 0 Å². The summed E-state index contributed by atoms with van der Waals surface area (Å²) >= 11 is 0. The van der Waals surface area contributed by atoms with Crippen LogP contribution in [0.3, 0.4) is 0 Å². The Morgan fingerprint density at radius 3 is 2.69 bits per heavy atom. The molecular formula is C19H24N4O3. The van der Waals surface area contributed by atoms with Gasteiger partial charge in [-0.15, -0.1) is 0 Å². The van der Waals surface area contributed by atoms with Crippen LogP contribution in [0.4, 0.5) is 0 Å². The van der Waals surface area contributed by atoms with Crippen molar-refractivity contribution < 1.29 is 14.1 Å². The second-order valence-corrected chi connectivity index (χ2v) is 7.28. The summed E-state index contributed by atoms with van der Waals surface area (Å²) < 4.78 is 10.8. The molecule has 0 bridgehead atoms. The predicted octanol–water partition coefficient (Wildman–Crippen LogP) is 2.55. The van der Waals surface area contributed by atoms with E-state index in [4.69, 9.17) is 14.2 Å². The summed E-state index contributed by atoms with van der Waals surface area (Å²) in [4.78, 5) is 23.3. The summed E-state index contributed by atoms with van der Waals surface area (Å²) in [6.45, 7) is 2.00. The van der Waals surface area contributed by atoms with E-state index in [-0.39, 0.29) is 11.3 Å². The summed E-state index contributed by atoms with van der Waals surface area (Å²) in [6.07, 6.45) is 8.05. The van der Waals surface area contributed by atoms with Crippen LogP contribution in [0.5, 0.6) is 0 Å². The highest BCUT2D eigenvalue weighted by atomic mass is 16.5. The van der Waals surface area contributed by atoms with E-state index in [9.17, 15) is 4.79 Å². The van der Waals surface area contributed by atoms with Crippen LogP contribution < -0.4 is 0 Å². The molecule has 0 aromatic carbocycles. The maximum atomic E-state index is 12.7. The van der Waals surface area contributed by atoms with Gasteiger partial charge in [0, 0.05) is 56.1 Å². The molecule has 0 radical (unpaired) electrons. The van der Waals surface area contributed by atoms with Crippen LogP contribution in [0.15, 0.2) is 29.0 Å². The third-order valence-corrected chi connectivity index (χ3v) is 5.56. The average molecular weight is 356 g/mol. The van der Waals surface area contributed by atoms with E-state index >= 15 is 0 Å². The highest BCUT2D eigenvalue weighted by Crippen LogP contribution is 2.42. The van der Waals surface area contributed by atoms with Gasteiger partial charge in [0.1, 0.15) is 0 Å². The first kappa shape index (κ1) is 17.1. The van der Waals surface area contributed by atoms with Crippen molar-refractivity contribution in [3.05, 3.63) is 41.8 Å². The SMILES string of the molecule is COCCC1(c2noc(C3CC3)n2)CCN(C(=O)c2ccncc2)CC1. The van der Waals surface area contributed by atoms with Crippen LogP contribution in [0.2, 0.25) is 0 Å². The van der Waals surface area contributed by atoms with Crippen molar-refractivity contribution in [1.82, 2.24) is 20.0 Å². The van der Waals surface area contributed by atoms with Crippen molar-refractivity contribution in [2.45, 2.75) is 43.4 Å². The van der Waals surface area contributed by atoms with Gasteiger partial charge in [0.25, 0.3) is 5.91 Å². The van der Waals surface area contributed by atoms with Crippen LogP contribution in [0, 0.1) is 0 Å². The number of likely N-dealkylation sites (tertiary alicyclic amines) is 1. The zero-order valence-corrected chi connectivity index (χ0v) is 15.1. The molecule has 0 atom stereocenters. The number of carbonyl (C=O) groups is 1. The Balaban J connectivity index is 1.49. The number of amides is 1. The lowest BCUT2D eigenvalue weighted by Crippen LogP contribution is -2.46. The van der Waals surface area contributed by atoms with Crippen LogP contribution in [0.1, 0.15) is 60.1 Å². The third-order valence-electron chi connectivity index (χ3n) is 5.56. The number of hydrogen-bond acceptors (Lipinski definition) is 6. The Bertz CT molecular complexity index is 749. The molecule has 2 aromatic rings. The fourth-order valence-corrected chi connectivity index (χ4v) is 3.64. The normalized spacial score (nSPS) is 19.5. The molecule has 1 aliphatic carbocycles. The summed E-state index contributed by atoms with van der Waals surface area (Å²) in [5.41, 5.74) is 0.502. The maximum Gasteiger partial charge on any atom is 0.253 e. The molecule has 1 aliphatic heterocycles. The Hall–Kier alpha value is -2.28. The smallest absolute Gasteiger partial charge is 0.253 e. The molecule has 2 aliphatic rings. The molecule has 0 N–H and O–H groups in total. The summed E-state index contributed by atoms with van der Waals surface area (Å²) in [5, 5.41) is 4.30. The number of pyridine rings is 1. The number of hydrogen-bond donors (Lipinski definition) is 0. The Labute approximate surface area is 152 Å². The molecular weight excluding hydrogens is 332 g/mol. The number of piperidine rings is 1. The van der Waals surface area contributed by atoms with Gasteiger partial charge in [-0.2, -0.15) is 4.98 Å². The summed E-state index contributed by atoms with van der Waals surface area (Å²) in [5.74, 6) is 2.06. The van der Waals surface area contributed by atoms with Gasteiger partial charge in [0.2, 0.25) is 5.89 Å². The topological polar surface area (TPSA) is 81.4 Å². The van der Waals surface area contributed by atoms with E-state index in [1.54, 1.807) is 31.6 Å². The lowest BCUT2D eigenvalue weighted by atomic mass is 9.75. The van der Waals surface area contributed by atoms with E-state index in [0.717, 1.165) is 43.8 Å². The molecule has 0 unspecified atom stereocenters. The molecule has 1 saturated carbocycles. The van der Waals surface area contributed by atoms with Crippen molar-refractivity contribution >= 4 is 5.91 Å². The number of carbonyl (C=O) groups excluding carboxylic acids is 1. The zero-order valence-electron chi connectivity index (χ0n) is 15.1. The zero-order chi connectivity index (χ0) is 18.0. The van der Waals surface area contributed by atoms with E-state index in [1.807, 2.05) is 4.90 Å². The minimum atomic E-state index is -0.179. The number of rotatable bonds is 6. The second-order valence-electron chi connectivity index (χ2n) is 7.28. The van der Waals surface area contributed by atoms with E-state index < -0.39 is 0 Å². The Morgan fingerprint density at radius 1 is 1.31 bits per heavy atom. The molecule has 4 rings (SSSR count). The minimum Gasteiger partial charge on any atom is -0.385 e. The van der Waals surface area contributed by atoms with Gasteiger partial charge in [-0.05, 0) is 44.2 Å². The maximum absolute atomic E-state index is 12.7. The standard InChI is InChI=1S/C19H24N4O3/c1-25-13-8-19(18-21-16(26-22-18)14-2-3-14)6-11-23(12-7-19)17(24)15-4-9-20-10-5-15/h4-5,9-10,14H,2-3,6-8,11-13H2,1H3. The van der Waals surface area contributed by atoms with Crippen molar-refractivity contribution in [3.8, 4) is 0 Å². The predicted molar refractivity (Wildman–Crippen MR) is 93.8 cm³/mol. The highest BCUT2D eigenvalue weighted by Gasteiger charge is 2.42. The lowest BCUT2D eigenvalue weighted by Gasteiger charge is -2.39. The molecule has 1 amide bonds. The van der Waals surface area contributed by atoms with Gasteiger partial charge in [0.15, 0.2) is 5.82 Å². The molecule has 0 spiro atoms. The van der Waals surface area contributed by atoms with Gasteiger partial charge in [-0.25, -0.2) is 0 Å². The second kappa shape index (κ2) is 7.15. The molecule has 7 nitrogen and oxygen atoms in total. The van der Waals surface area contributed by atoms with Crippen LogP contribution in [0.25, 0.3) is 0 Å². The quantitative estimate of drug-likeness (QED) is 0.791. The van der Waals surface area contributed by atoms with E-state index in [2.05, 4.69) is 10.1 Å². The molecule has 2 fully saturated rings. The molecule has 1 saturated heterocycles. The van der Waals surface area contributed by atoms with Crippen LogP contribution >= 0.6 is 0 Å². The van der Waals surface area contributed by atoms with Crippen molar-refractivity contribution in [2.24, 2.45) is 0 Å². The fraction of sp³-hybridized carbons (Fsp3) is 0.579. The largest absolute Gasteiger partial charge is 0.385 e. The molecule has 2 aromatic heterocycles. The van der Waals surface area contributed by atoms with E-state index in [1.165, 1.54) is 0 Å².